The fourth-order valence-corrected chi connectivity index (χ4v) is 2.95. The van der Waals surface area contributed by atoms with Crippen LogP contribution in [0.1, 0.15) is 59.6 Å². The number of benzene rings is 1. The summed E-state index contributed by atoms with van der Waals surface area (Å²) in [6, 6.07) is 7.09. The first-order valence-corrected chi connectivity index (χ1v) is 9.40. The zero-order valence-corrected chi connectivity index (χ0v) is 17.3. The Morgan fingerprint density at radius 2 is 1.70 bits per heavy atom. The Hall–Kier alpha value is -2.37. The van der Waals surface area contributed by atoms with Crippen molar-refractivity contribution in [2.75, 3.05) is 6.54 Å². The Bertz CT molecular complexity index is 734. The number of carbonyl (C=O) groups excluding carboxylic acids is 3. The number of amides is 4. The maximum Gasteiger partial charge on any atom is 0.325 e. The molecular weight excluding hydrogens is 342 g/mol. The summed E-state index contributed by atoms with van der Waals surface area (Å²) < 4.78 is 0. The number of hydrogen-bond acceptors (Lipinski definition) is 3. The summed E-state index contributed by atoms with van der Waals surface area (Å²) in [5.74, 6) is -0.487. The van der Waals surface area contributed by atoms with Crippen molar-refractivity contribution in [3.05, 3.63) is 35.4 Å². The molecule has 6 nitrogen and oxygen atoms in total. The van der Waals surface area contributed by atoms with Crippen LogP contribution in [0.2, 0.25) is 0 Å². The molecule has 2 N–H and O–H groups in total. The van der Waals surface area contributed by atoms with Gasteiger partial charge in [0.05, 0.1) is 0 Å². The summed E-state index contributed by atoms with van der Waals surface area (Å²) >= 11 is 0. The predicted molar refractivity (Wildman–Crippen MR) is 105 cm³/mol. The van der Waals surface area contributed by atoms with Gasteiger partial charge in [-0.25, -0.2) is 4.79 Å². The SMILES string of the molecule is CC(C)C(C)NC(=O)CN1C(=O)NC(C)(c2ccc(C(C)(C)C)cc2)C1=O. The lowest BCUT2D eigenvalue weighted by atomic mass is 9.84. The zero-order valence-electron chi connectivity index (χ0n) is 17.3. The van der Waals surface area contributed by atoms with Gasteiger partial charge in [-0.15, -0.1) is 0 Å². The Balaban J connectivity index is 2.17. The molecule has 0 aromatic heterocycles. The second-order valence-corrected chi connectivity index (χ2v) is 8.87. The second kappa shape index (κ2) is 7.33. The third kappa shape index (κ3) is 4.31. The van der Waals surface area contributed by atoms with Crippen molar-refractivity contribution in [3.63, 3.8) is 0 Å². The lowest BCUT2D eigenvalue weighted by Gasteiger charge is -2.25. The molecular formula is C21H31N3O3. The molecule has 0 spiro atoms. The van der Waals surface area contributed by atoms with Crippen molar-refractivity contribution in [3.8, 4) is 0 Å². The Labute approximate surface area is 161 Å². The molecule has 0 aliphatic carbocycles. The minimum absolute atomic E-state index is 0.000397. The molecule has 1 fully saturated rings. The van der Waals surface area contributed by atoms with Crippen LogP contribution < -0.4 is 10.6 Å². The van der Waals surface area contributed by atoms with E-state index in [1.165, 1.54) is 0 Å². The van der Waals surface area contributed by atoms with E-state index in [2.05, 4.69) is 31.4 Å². The number of nitrogens with one attached hydrogen (secondary N) is 2. The minimum atomic E-state index is -1.17. The summed E-state index contributed by atoms with van der Waals surface area (Å²) in [4.78, 5) is 38.5. The van der Waals surface area contributed by atoms with Crippen LogP contribution in [-0.4, -0.2) is 35.3 Å². The van der Waals surface area contributed by atoms with Crippen LogP contribution in [0, 0.1) is 5.92 Å². The number of rotatable bonds is 5. The van der Waals surface area contributed by atoms with E-state index in [0.717, 1.165) is 10.5 Å². The molecule has 0 saturated carbocycles. The molecule has 0 bridgehead atoms. The van der Waals surface area contributed by atoms with Crippen molar-refractivity contribution >= 4 is 17.8 Å². The van der Waals surface area contributed by atoms with Gasteiger partial charge < -0.3 is 10.6 Å². The molecule has 6 heteroatoms. The highest BCUT2D eigenvalue weighted by molar-refractivity contribution is 6.09. The molecule has 1 aromatic carbocycles. The fourth-order valence-electron chi connectivity index (χ4n) is 2.95. The normalized spacial score (nSPS) is 21.4. The second-order valence-electron chi connectivity index (χ2n) is 8.87. The Morgan fingerprint density at radius 3 is 2.19 bits per heavy atom. The van der Waals surface area contributed by atoms with E-state index < -0.39 is 17.5 Å². The average molecular weight is 373 g/mol. The summed E-state index contributed by atoms with van der Waals surface area (Å²) in [6.45, 7) is 13.6. The first kappa shape index (κ1) is 20.9. The smallest absolute Gasteiger partial charge is 0.325 e. The third-order valence-electron chi connectivity index (χ3n) is 5.29. The van der Waals surface area contributed by atoms with E-state index in [0.29, 0.717) is 5.56 Å². The van der Waals surface area contributed by atoms with E-state index in [9.17, 15) is 14.4 Å². The topological polar surface area (TPSA) is 78.5 Å². The van der Waals surface area contributed by atoms with Crippen LogP contribution in [0.5, 0.6) is 0 Å². The van der Waals surface area contributed by atoms with Gasteiger partial charge in [-0.3, -0.25) is 14.5 Å². The predicted octanol–water partition coefficient (Wildman–Crippen LogP) is 2.91. The molecule has 2 rings (SSSR count). The fraction of sp³-hybridized carbons (Fsp3) is 0.571. The Kier molecular flexibility index (Phi) is 5.68. The summed E-state index contributed by atoms with van der Waals surface area (Å²) in [5.41, 5.74) is 0.676. The lowest BCUT2D eigenvalue weighted by Crippen LogP contribution is -2.46. The van der Waals surface area contributed by atoms with Gasteiger partial charge in [-0.1, -0.05) is 58.9 Å². The van der Waals surface area contributed by atoms with Gasteiger partial charge in [0.25, 0.3) is 5.91 Å². The van der Waals surface area contributed by atoms with Crippen molar-refractivity contribution in [2.24, 2.45) is 5.92 Å². The van der Waals surface area contributed by atoms with Crippen molar-refractivity contribution in [1.29, 1.82) is 0 Å². The minimum Gasteiger partial charge on any atom is -0.352 e. The van der Waals surface area contributed by atoms with E-state index in [4.69, 9.17) is 0 Å². The molecule has 0 radical (unpaired) electrons. The zero-order chi connectivity index (χ0) is 20.6. The number of imide groups is 1. The average Bonchev–Trinajstić information content (AvgIpc) is 2.78. The number of hydrogen-bond donors (Lipinski definition) is 2. The largest absolute Gasteiger partial charge is 0.352 e. The van der Waals surface area contributed by atoms with Crippen LogP contribution in [0.15, 0.2) is 24.3 Å². The quantitative estimate of drug-likeness (QED) is 0.779. The van der Waals surface area contributed by atoms with Gasteiger partial charge in [0.15, 0.2) is 0 Å². The molecule has 2 atom stereocenters. The lowest BCUT2D eigenvalue weighted by molar-refractivity contribution is -0.135. The highest BCUT2D eigenvalue weighted by Gasteiger charge is 2.49. The molecule has 1 saturated heterocycles. The van der Waals surface area contributed by atoms with Gasteiger partial charge in [-0.2, -0.15) is 0 Å². The van der Waals surface area contributed by atoms with Gasteiger partial charge in [0.1, 0.15) is 12.1 Å². The molecule has 1 aromatic rings. The summed E-state index contributed by atoms with van der Waals surface area (Å²) in [6.07, 6.45) is 0. The van der Waals surface area contributed by atoms with Crippen LogP contribution in [0.25, 0.3) is 0 Å². The summed E-state index contributed by atoms with van der Waals surface area (Å²) in [5, 5.41) is 5.57. The summed E-state index contributed by atoms with van der Waals surface area (Å²) in [7, 11) is 0. The van der Waals surface area contributed by atoms with Gasteiger partial charge in [-0.05, 0) is 36.3 Å². The molecule has 148 valence electrons. The molecule has 1 aliphatic rings. The first-order valence-electron chi connectivity index (χ1n) is 9.40. The number of nitrogens with zero attached hydrogens (tertiary/aromatic N) is 1. The maximum absolute atomic E-state index is 12.9. The third-order valence-corrected chi connectivity index (χ3v) is 5.29. The van der Waals surface area contributed by atoms with Crippen LogP contribution in [0.3, 0.4) is 0 Å². The van der Waals surface area contributed by atoms with Crippen molar-refractivity contribution < 1.29 is 14.4 Å². The van der Waals surface area contributed by atoms with Crippen LogP contribution >= 0.6 is 0 Å². The van der Waals surface area contributed by atoms with Crippen molar-refractivity contribution in [1.82, 2.24) is 15.5 Å². The van der Waals surface area contributed by atoms with Gasteiger partial charge >= 0.3 is 6.03 Å². The van der Waals surface area contributed by atoms with Crippen molar-refractivity contribution in [2.45, 2.75) is 65.5 Å². The van der Waals surface area contributed by atoms with Gasteiger partial charge in [0, 0.05) is 6.04 Å². The monoisotopic (exact) mass is 373 g/mol. The van der Waals surface area contributed by atoms with Gasteiger partial charge in [0.2, 0.25) is 5.91 Å². The van der Waals surface area contributed by atoms with Crippen LogP contribution in [0.4, 0.5) is 4.79 Å². The molecule has 2 unspecified atom stereocenters. The standard InChI is InChI=1S/C21H31N3O3/c1-13(2)14(3)22-17(25)12-24-18(26)21(7,23-19(24)27)16-10-8-15(9-11-16)20(4,5)6/h8-11,13-14H,12H2,1-7H3,(H,22,25)(H,23,27). The maximum atomic E-state index is 12.9. The number of carbonyl (C=O) groups is 3. The highest BCUT2D eigenvalue weighted by Crippen LogP contribution is 2.31. The van der Waals surface area contributed by atoms with E-state index in [1.54, 1.807) is 6.92 Å². The Morgan fingerprint density at radius 1 is 1.15 bits per heavy atom. The van der Waals surface area contributed by atoms with E-state index in [1.807, 2.05) is 45.0 Å². The first-order chi connectivity index (χ1) is 12.4. The molecule has 4 amide bonds. The molecule has 27 heavy (non-hydrogen) atoms. The highest BCUT2D eigenvalue weighted by atomic mass is 16.2. The number of urea groups is 1. The van der Waals surface area contributed by atoms with E-state index in [-0.39, 0.29) is 29.8 Å². The molecule has 1 aliphatic heterocycles. The molecule has 1 heterocycles. The van der Waals surface area contributed by atoms with Crippen LogP contribution in [-0.2, 0) is 20.5 Å². The van der Waals surface area contributed by atoms with E-state index >= 15 is 0 Å².